The van der Waals surface area contributed by atoms with Gasteiger partial charge in [-0.05, 0) is 92.7 Å². The average Bonchev–Trinajstić information content (AvgIpc) is 0.717. The Hall–Kier alpha value is -8.73. The van der Waals surface area contributed by atoms with Gasteiger partial charge >= 0.3 is 355 Å². The number of hydrogen-bond acceptors (Lipinski definition) is 4. The van der Waals surface area contributed by atoms with Gasteiger partial charge in [0.15, 0.2) is 0 Å². The Labute approximate surface area is 793 Å². The summed E-state index contributed by atoms with van der Waals surface area (Å²) in [6.07, 6.45) is 13.1. The maximum atomic E-state index is 2.62. The first-order valence-corrected chi connectivity index (χ1v) is 76.8. The van der Waals surface area contributed by atoms with Crippen molar-refractivity contribution in [2.24, 2.45) is 0 Å². The summed E-state index contributed by atoms with van der Waals surface area (Å²) in [5.74, 6) is 16.2. The molecule has 14 aromatic rings. The molecule has 0 heterocycles. The molecule has 0 aromatic heterocycles. The number of nitrogens with zero attached hydrogens (tertiary/aromatic N) is 4. The first-order chi connectivity index (χ1) is 61.1. The van der Waals surface area contributed by atoms with Gasteiger partial charge in [-0.25, -0.2) is 0 Å². The molecular formula is C120H152Ge2N4Si4. The normalized spacial score (nSPS) is 14.6. The van der Waals surface area contributed by atoms with Crippen LogP contribution < -0.4 is 49.1 Å². The average molecular weight is 1910 g/mol. The van der Waals surface area contributed by atoms with Crippen molar-refractivity contribution < 1.29 is 0 Å². The summed E-state index contributed by atoms with van der Waals surface area (Å²) in [5, 5.41) is 16.6. The van der Waals surface area contributed by atoms with Gasteiger partial charge in [-0.3, -0.25) is 0 Å². The van der Waals surface area contributed by atoms with Crippen LogP contribution in [0, 0.1) is 0 Å². The molecule has 0 spiro atoms. The SMILES string of the molecule is CC(C)(C)c1ccc2c(N(c3ccc([Si](C)(C)C)cc3)c3ccc([Si](C)(C)C(C)(C)C)cc3)c3cc(C(C)(C)C)ccc3c(N(c3ccc([Si](C)(C)C)cc3)c3ccc([Si](C)(C)C(C)(C)C)cc3)c2c1.[CH3][Ge]([CH3])([CH3])[c]1ccc(N(c2ccccc2)c2c3ccc(C4CCCCC4)cc3c(N(c3ccccc3)c3cc[c]([Ge]([CH3])([CH3])[CH3])cc3)c3ccc(C4CCCCC4)cc23)cc1. The molecule has 2 aliphatic carbocycles. The second kappa shape index (κ2) is 36.9. The van der Waals surface area contributed by atoms with E-state index in [0.29, 0.717) is 11.8 Å². The number of hydrogen-bond donors (Lipinski definition) is 0. The predicted octanol–water partition coefficient (Wildman–Crippen LogP) is 34.2. The van der Waals surface area contributed by atoms with Gasteiger partial charge in [-0.15, -0.1) is 0 Å². The van der Waals surface area contributed by atoms with Crippen molar-refractivity contribution in [1.82, 2.24) is 0 Å². The van der Waals surface area contributed by atoms with E-state index in [1.54, 1.807) is 0 Å². The molecule has 2 fully saturated rings. The molecule has 10 heteroatoms. The van der Waals surface area contributed by atoms with Crippen LogP contribution in [0.15, 0.2) is 279 Å². The van der Waals surface area contributed by atoms with Crippen LogP contribution in [0.4, 0.5) is 68.2 Å². The number of para-hydroxylation sites is 2. The van der Waals surface area contributed by atoms with Crippen molar-refractivity contribution in [3.8, 4) is 0 Å². The second-order valence-electron chi connectivity index (χ2n) is 47.7. The Morgan fingerprint density at radius 2 is 0.469 bits per heavy atom. The minimum absolute atomic E-state index is 0.0722. The molecule has 130 heavy (non-hydrogen) atoms. The van der Waals surface area contributed by atoms with Gasteiger partial charge in [0.25, 0.3) is 0 Å². The van der Waals surface area contributed by atoms with E-state index in [1.165, 1.54) is 227 Å². The fourth-order valence-electron chi connectivity index (χ4n) is 19.8. The molecule has 0 N–H and O–H groups in total. The minimum atomic E-state index is -2.06. The van der Waals surface area contributed by atoms with Gasteiger partial charge in [0, 0.05) is 44.3 Å². The van der Waals surface area contributed by atoms with Crippen molar-refractivity contribution in [3.05, 3.63) is 301 Å². The summed E-state index contributed by atoms with van der Waals surface area (Å²) in [7, 11) is -6.75. The third kappa shape index (κ3) is 19.9. The van der Waals surface area contributed by atoms with Gasteiger partial charge in [-0.1, -0.05) is 255 Å². The van der Waals surface area contributed by atoms with E-state index in [1.807, 2.05) is 0 Å². The molecule has 14 aromatic carbocycles. The molecule has 0 bridgehead atoms. The summed E-state index contributed by atoms with van der Waals surface area (Å²) in [6.45, 7) is 53.5. The monoisotopic (exact) mass is 1910 g/mol. The van der Waals surface area contributed by atoms with E-state index in [4.69, 9.17) is 0 Å². The molecule has 0 radical (unpaired) electrons. The van der Waals surface area contributed by atoms with E-state index in [2.05, 4.69) is 482 Å². The number of rotatable bonds is 20. The molecule has 4 nitrogen and oxygen atoms in total. The van der Waals surface area contributed by atoms with E-state index < -0.39 is 58.8 Å². The Balaban J connectivity index is 0.000000201. The molecular weight excluding hydrogens is 1750 g/mol. The number of anilines is 12. The van der Waals surface area contributed by atoms with Gasteiger partial charge in [0.05, 0.1) is 43.7 Å². The van der Waals surface area contributed by atoms with Gasteiger partial charge in [-0.2, -0.15) is 0 Å². The topological polar surface area (TPSA) is 13.0 Å². The van der Waals surface area contributed by atoms with Crippen LogP contribution in [0.25, 0.3) is 43.1 Å². The number of fused-ring (bicyclic) bond motifs is 4. The van der Waals surface area contributed by atoms with E-state index in [0.717, 1.165) is 0 Å². The Morgan fingerprint density at radius 1 is 0.238 bits per heavy atom. The molecule has 676 valence electrons. The van der Waals surface area contributed by atoms with Crippen LogP contribution in [0.2, 0.25) is 110 Å². The first kappa shape index (κ1) is 95.9. The molecule has 0 amide bonds. The fourth-order valence-corrected chi connectivity index (χ4v) is 30.8. The van der Waals surface area contributed by atoms with Crippen LogP contribution in [-0.2, 0) is 10.8 Å². The summed E-state index contributed by atoms with van der Waals surface area (Å²) >= 11 is -4.11. The maximum absolute atomic E-state index is 2.62. The quantitative estimate of drug-likeness (QED) is 0.0428. The third-order valence-corrected chi connectivity index (χ3v) is 54.2. The van der Waals surface area contributed by atoms with Crippen LogP contribution in [-0.4, -0.2) is 58.8 Å². The summed E-state index contributed by atoms with van der Waals surface area (Å²) < 4.78 is 3.07. The van der Waals surface area contributed by atoms with Crippen molar-refractivity contribution >= 4 is 200 Å². The van der Waals surface area contributed by atoms with Crippen molar-refractivity contribution in [2.45, 2.75) is 280 Å². The first-order valence-electron chi connectivity index (χ1n) is 49.1. The van der Waals surface area contributed by atoms with Gasteiger partial charge < -0.3 is 9.80 Å². The molecule has 2 aliphatic rings. The molecule has 0 atom stereocenters. The van der Waals surface area contributed by atoms with Crippen LogP contribution in [0.5, 0.6) is 0 Å². The van der Waals surface area contributed by atoms with Crippen molar-refractivity contribution in [3.63, 3.8) is 0 Å². The summed E-state index contributed by atoms with van der Waals surface area (Å²) in [4.78, 5) is 10.4. The fraction of sp³-hybridized carbons (Fsp3) is 0.367. The standard InChI is InChI=1S/C64H88N2Si4.C56H64Ge2N2/c1-61(2,3)45-23-41-55-57(43-45)59(65(47-25-33-51(34-26-47)67(13,14)15)49-29-37-53(38-30-49)69(19,20)63(7,8)9)56-42-24-46(62(4,5)6)44-58(56)60(55)66(48-27-35-52(36-28-48)68(16,17)18)50-31-39-54(40-32-50)70(21,22)64(10,11)12;1-57(2,3)45-29-33-49(34-30-45)59(47-23-15-9-16-24-47)55-51-37-27-44(42-21-13-8-14-22-42)40-54(51)56(52-38-28-43(39-53(52)55)41-19-11-7-12-20-41)60(48-25-17-10-18-26-48)50-35-31-46(32-36-50)58(4,5)6/h23-44H,1-22H3;9-10,15-18,23-42H,7-8,11-14,19-22H2,1-6H3. The van der Waals surface area contributed by atoms with Crippen LogP contribution in [0.1, 0.15) is 181 Å². The Kier molecular flexibility index (Phi) is 27.2. The zero-order valence-corrected chi connectivity index (χ0v) is 92.8. The van der Waals surface area contributed by atoms with Crippen molar-refractivity contribution in [1.29, 1.82) is 0 Å². The number of benzene rings is 14. The van der Waals surface area contributed by atoms with Crippen LogP contribution >= 0.6 is 0 Å². The summed E-state index contributed by atoms with van der Waals surface area (Å²) in [5.41, 5.74) is 20.1. The van der Waals surface area contributed by atoms with Crippen molar-refractivity contribution in [2.75, 3.05) is 19.6 Å². The molecule has 16 rings (SSSR count). The van der Waals surface area contributed by atoms with Gasteiger partial charge in [0.2, 0.25) is 0 Å². The second-order valence-corrected chi connectivity index (χ2v) is 89.9. The van der Waals surface area contributed by atoms with E-state index in [-0.39, 0.29) is 20.9 Å². The summed E-state index contributed by atoms with van der Waals surface area (Å²) in [6, 6.07) is 110. The van der Waals surface area contributed by atoms with Gasteiger partial charge in [0.1, 0.15) is 0 Å². The Bertz CT molecular complexity index is 5940. The van der Waals surface area contributed by atoms with E-state index in [9.17, 15) is 0 Å². The molecule has 2 saturated carbocycles. The van der Waals surface area contributed by atoms with Crippen LogP contribution in [0.3, 0.4) is 0 Å². The predicted molar refractivity (Wildman–Crippen MR) is 596 cm³/mol. The zero-order chi connectivity index (χ0) is 93.4. The molecule has 0 aliphatic heterocycles. The molecule has 0 saturated heterocycles. The van der Waals surface area contributed by atoms with E-state index >= 15 is 0 Å². The molecule has 0 unspecified atom stereocenters. The zero-order valence-electron chi connectivity index (χ0n) is 84.6. The third-order valence-electron chi connectivity index (χ3n) is 30.4. The Morgan fingerprint density at radius 3 is 0.708 bits per heavy atom.